The number of carbonyl (C=O) groups is 2. The van der Waals surface area contributed by atoms with E-state index in [-0.39, 0.29) is 24.4 Å². The molecule has 5 nitrogen and oxygen atoms in total. The van der Waals surface area contributed by atoms with E-state index < -0.39 is 0 Å². The smallest absolute Gasteiger partial charge is 0.246 e. The van der Waals surface area contributed by atoms with E-state index in [9.17, 15) is 9.59 Å². The first-order valence-corrected chi connectivity index (χ1v) is 7.38. The lowest BCUT2D eigenvalue weighted by atomic mass is 10.2. The Bertz CT molecular complexity index is 538. The first-order valence-electron chi connectivity index (χ1n) is 7.38. The number of nitrogens with zero attached hydrogens (tertiary/aromatic N) is 1. The lowest BCUT2D eigenvalue weighted by Gasteiger charge is -2.16. The highest BCUT2D eigenvalue weighted by molar-refractivity contribution is 5.94. The molecule has 0 aromatic heterocycles. The first-order chi connectivity index (χ1) is 10.4. The molecule has 5 heteroatoms. The van der Waals surface area contributed by atoms with Crippen molar-refractivity contribution in [3.63, 3.8) is 0 Å². The van der Waals surface area contributed by atoms with Crippen molar-refractivity contribution in [2.45, 2.75) is 26.8 Å². The summed E-state index contributed by atoms with van der Waals surface area (Å²) in [6.45, 7) is 6.27. The zero-order chi connectivity index (χ0) is 16.5. The lowest BCUT2D eigenvalue weighted by molar-refractivity contribution is -0.131. The van der Waals surface area contributed by atoms with E-state index in [1.54, 1.807) is 13.1 Å². The Kier molecular flexibility index (Phi) is 7.16. The van der Waals surface area contributed by atoms with Crippen LogP contribution < -0.4 is 10.1 Å². The molecule has 22 heavy (non-hydrogen) atoms. The number of benzene rings is 1. The van der Waals surface area contributed by atoms with Crippen molar-refractivity contribution in [2.24, 2.45) is 0 Å². The van der Waals surface area contributed by atoms with E-state index >= 15 is 0 Å². The number of ether oxygens (including phenoxy) is 1. The number of nitrogens with one attached hydrogen (secondary N) is 1. The maximum atomic E-state index is 12.0. The van der Waals surface area contributed by atoms with E-state index in [1.165, 1.54) is 11.0 Å². The van der Waals surface area contributed by atoms with Crippen LogP contribution in [0.15, 0.2) is 30.3 Å². The van der Waals surface area contributed by atoms with E-state index in [0.717, 1.165) is 11.3 Å². The quantitative estimate of drug-likeness (QED) is 0.785. The van der Waals surface area contributed by atoms with Crippen LogP contribution in [-0.2, 0) is 9.59 Å². The fraction of sp³-hybridized carbons (Fsp3) is 0.412. The SMILES string of the molecule is CCOc1ccccc1/C=C/C(=O)N(C)CC(=O)NC(C)C. The van der Waals surface area contributed by atoms with Crippen molar-refractivity contribution in [1.29, 1.82) is 0 Å². The fourth-order valence-corrected chi connectivity index (χ4v) is 1.85. The predicted octanol–water partition coefficient (Wildman–Crippen LogP) is 2.08. The van der Waals surface area contributed by atoms with E-state index in [4.69, 9.17) is 4.74 Å². The summed E-state index contributed by atoms with van der Waals surface area (Å²) in [4.78, 5) is 25.0. The third-order valence-corrected chi connectivity index (χ3v) is 2.83. The maximum Gasteiger partial charge on any atom is 0.246 e. The zero-order valence-corrected chi connectivity index (χ0v) is 13.6. The average molecular weight is 304 g/mol. The summed E-state index contributed by atoms with van der Waals surface area (Å²) in [5.41, 5.74) is 0.831. The molecule has 2 amide bonds. The van der Waals surface area contributed by atoms with Gasteiger partial charge in [-0.3, -0.25) is 9.59 Å². The van der Waals surface area contributed by atoms with Gasteiger partial charge in [0.2, 0.25) is 11.8 Å². The molecule has 0 saturated carbocycles. The van der Waals surface area contributed by atoms with Crippen molar-refractivity contribution in [3.05, 3.63) is 35.9 Å². The molecule has 1 rings (SSSR count). The Morgan fingerprint density at radius 3 is 2.64 bits per heavy atom. The monoisotopic (exact) mass is 304 g/mol. The molecule has 0 aliphatic heterocycles. The Labute approximate surface area is 132 Å². The molecule has 1 N–H and O–H groups in total. The summed E-state index contributed by atoms with van der Waals surface area (Å²) in [6, 6.07) is 7.55. The molecule has 0 aliphatic rings. The summed E-state index contributed by atoms with van der Waals surface area (Å²) >= 11 is 0. The molecular formula is C17H24N2O3. The van der Waals surface area contributed by atoms with Gasteiger partial charge in [-0.15, -0.1) is 0 Å². The van der Waals surface area contributed by atoms with Gasteiger partial charge in [-0.25, -0.2) is 0 Å². The molecule has 0 atom stereocenters. The highest BCUT2D eigenvalue weighted by Gasteiger charge is 2.11. The topological polar surface area (TPSA) is 58.6 Å². The number of para-hydroxylation sites is 1. The number of rotatable bonds is 7. The van der Waals surface area contributed by atoms with Crippen molar-refractivity contribution in [2.75, 3.05) is 20.2 Å². The lowest BCUT2D eigenvalue weighted by Crippen LogP contribution is -2.40. The normalized spacial score (nSPS) is 10.8. The standard InChI is InChI=1S/C17H24N2O3/c1-5-22-15-9-7-6-8-14(15)10-11-17(21)19(4)12-16(20)18-13(2)3/h6-11,13H,5,12H2,1-4H3,(H,18,20)/b11-10+. The van der Waals surface area contributed by atoms with Gasteiger partial charge in [0.15, 0.2) is 0 Å². The van der Waals surface area contributed by atoms with Gasteiger partial charge in [-0.05, 0) is 32.9 Å². The number of amides is 2. The third-order valence-electron chi connectivity index (χ3n) is 2.83. The number of likely N-dealkylation sites (N-methyl/N-ethyl adjacent to an activating group) is 1. The summed E-state index contributed by atoms with van der Waals surface area (Å²) < 4.78 is 5.50. The van der Waals surface area contributed by atoms with Crippen LogP contribution in [0.2, 0.25) is 0 Å². The summed E-state index contributed by atoms with van der Waals surface area (Å²) in [7, 11) is 1.60. The highest BCUT2D eigenvalue weighted by Crippen LogP contribution is 2.19. The Morgan fingerprint density at radius 1 is 1.32 bits per heavy atom. The molecule has 0 fully saturated rings. The van der Waals surface area contributed by atoms with E-state index in [2.05, 4.69) is 5.32 Å². The fourth-order valence-electron chi connectivity index (χ4n) is 1.85. The summed E-state index contributed by atoms with van der Waals surface area (Å²) in [5, 5.41) is 2.75. The van der Waals surface area contributed by atoms with Gasteiger partial charge in [-0.2, -0.15) is 0 Å². The van der Waals surface area contributed by atoms with Crippen LogP contribution in [0.25, 0.3) is 6.08 Å². The molecule has 0 aliphatic carbocycles. The molecule has 0 saturated heterocycles. The second-order valence-electron chi connectivity index (χ2n) is 5.22. The van der Waals surface area contributed by atoms with Crippen molar-refractivity contribution < 1.29 is 14.3 Å². The van der Waals surface area contributed by atoms with Gasteiger partial charge in [0, 0.05) is 24.7 Å². The second-order valence-corrected chi connectivity index (χ2v) is 5.22. The average Bonchev–Trinajstić information content (AvgIpc) is 2.45. The molecular weight excluding hydrogens is 280 g/mol. The molecule has 0 heterocycles. The van der Waals surface area contributed by atoms with E-state index in [0.29, 0.717) is 6.61 Å². The summed E-state index contributed by atoms with van der Waals surface area (Å²) in [6.07, 6.45) is 3.14. The van der Waals surface area contributed by atoms with E-state index in [1.807, 2.05) is 45.0 Å². The maximum absolute atomic E-state index is 12.0. The van der Waals surface area contributed by atoms with Crippen LogP contribution in [0, 0.1) is 0 Å². The molecule has 0 unspecified atom stereocenters. The molecule has 0 radical (unpaired) electrons. The predicted molar refractivity (Wildman–Crippen MR) is 87.6 cm³/mol. The Balaban J connectivity index is 2.65. The van der Waals surface area contributed by atoms with Gasteiger partial charge < -0.3 is 15.0 Å². The van der Waals surface area contributed by atoms with Crippen LogP contribution in [-0.4, -0.2) is 43.0 Å². The van der Waals surface area contributed by atoms with Gasteiger partial charge in [0.1, 0.15) is 5.75 Å². The van der Waals surface area contributed by atoms with Gasteiger partial charge in [0.25, 0.3) is 0 Å². The molecule has 0 bridgehead atoms. The highest BCUT2D eigenvalue weighted by atomic mass is 16.5. The molecule has 0 spiro atoms. The van der Waals surface area contributed by atoms with Crippen LogP contribution in [0.1, 0.15) is 26.3 Å². The van der Waals surface area contributed by atoms with Crippen molar-refractivity contribution in [3.8, 4) is 5.75 Å². The Morgan fingerprint density at radius 2 is 2.00 bits per heavy atom. The molecule has 1 aromatic rings. The van der Waals surface area contributed by atoms with Gasteiger partial charge in [-0.1, -0.05) is 18.2 Å². The second kappa shape index (κ2) is 8.87. The number of hydrogen-bond donors (Lipinski definition) is 1. The minimum absolute atomic E-state index is 0.0362. The zero-order valence-electron chi connectivity index (χ0n) is 13.6. The molecule has 1 aromatic carbocycles. The van der Waals surface area contributed by atoms with Crippen LogP contribution in [0.4, 0.5) is 0 Å². The minimum atomic E-state index is -0.231. The van der Waals surface area contributed by atoms with Crippen molar-refractivity contribution in [1.82, 2.24) is 10.2 Å². The first kappa shape index (κ1) is 17.8. The van der Waals surface area contributed by atoms with Crippen LogP contribution in [0.5, 0.6) is 5.75 Å². The number of hydrogen-bond acceptors (Lipinski definition) is 3. The minimum Gasteiger partial charge on any atom is -0.493 e. The molecule has 120 valence electrons. The summed E-state index contributed by atoms with van der Waals surface area (Å²) in [5.74, 6) is 0.327. The largest absolute Gasteiger partial charge is 0.493 e. The van der Waals surface area contributed by atoms with Gasteiger partial charge >= 0.3 is 0 Å². The third kappa shape index (κ3) is 5.99. The Hall–Kier alpha value is -2.30. The van der Waals surface area contributed by atoms with Crippen molar-refractivity contribution >= 4 is 17.9 Å². The van der Waals surface area contributed by atoms with Gasteiger partial charge in [0.05, 0.1) is 13.2 Å². The number of carbonyl (C=O) groups excluding carboxylic acids is 2. The van der Waals surface area contributed by atoms with Crippen LogP contribution >= 0.6 is 0 Å². The van der Waals surface area contributed by atoms with Crippen LogP contribution in [0.3, 0.4) is 0 Å².